The van der Waals surface area contributed by atoms with Gasteiger partial charge in [-0.15, -0.1) is 0 Å². The number of nitro groups is 1. The van der Waals surface area contributed by atoms with E-state index in [0.717, 1.165) is 38.8 Å². The van der Waals surface area contributed by atoms with Gasteiger partial charge in [0.25, 0.3) is 0 Å². The lowest BCUT2D eigenvalue weighted by Gasteiger charge is -2.37. The molecule has 1 aromatic carbocycles. The third kappa shape index (κ3) is 3.31. The molecule has 6 heteroatoms. The van der Waals surface area contributed by atoms with Crippen LogP contribution in [0.3, 0.4) is 0 Å². The molecule has 1 aliphatic heterocycles. The molecule has 0 saturated carbocycles. The van der Waals surface area contributed by atoms with Gasteiger partial charge in [0.1, 0.15) is 17.3 Å². The van der Waals surface area contributed by atoms with E-state index in [0.29, 0.717) is 11.7 Å². The van der Waals surface area contributed by atoms with Crippen molar-refractivity contribution in [2.45, 2.75) is 31.7 Å². The quantitative estimate of drug-likeness (QED) is 0.664. The minimum absolute atomic E-state index is 0.0589. The minimum Gasteiger partial charge on any atom is -0.363 e. The van der Waals surface area contributed by atoms with Crippen LogP contribution in [0.5, 0.6) is 0 Å². The van der Waals surface area contributed by atoms with Gasteiger partial charge in [0.2, 0.25) is 0 Å². The van der Waals surface area contributed by atoms with Crippen molar-refractivity contribution >= 4 is 11.4 Å². The van der Waals surface area contributed by atoms with Gasteiger partial charge in [0.15, 0.2) is 0 Å². The third-order valence-electron chi connectivity index (χ3n) is 3.98. The Kier molecular flexibility index (Phi) is 5.12. The molecule has 2 rings (SSSR count). The van der Waals surface area contributed by atoms with Crippen LogP contribution in [0, 0.1) is 21.4 Å². The highest BCUT2D eigenvalue weighted by molar-refractivity contribution is 5.70. The highest BCUT2D eigenvalue weighted by Gasteiger charge is 2.29. The van der Waals surface area contributed by atoms with Gasteiger partial charge in [0.05, 0.1) is 4.92 Å². The van der Waals surface area contributed by atoms with Crippen LogP contribution in [-0.2, 0) is 0 Å². The fraction of sp³-hybridized carbons (Fsp3) is 0.533. The Morgan fingerprint density at radius 3 is 3.00 bits per heavy atom. The van der Waals surface area contributed by atoms with E-state index in [9.17, 15) is 10.1 Å². The summed E-state index contributed by atoms with van der Waals surface area (Å²) in [6, 6.07) is 7.22. The predicted molar refractivity (Wildman–Crippen MR) is 81.3 cm³/mol. The zero-order valence-electron chi connectivity index (χ0n) is 12.2. The van der Waals surface area contributed by atoms with Crippen molar-refractivity contribution in [3.8, 4) is 6.07 Å². The molecular weight excluding hydrogens is 268 g/mol. The van der Waals surface area contributed by atoms with Crippen LogP contribution >= 0.6 is 0 Å². The monoisotopic (exact) mass is 288 g/mol. The number of nitriles is 1. The molecule has 1 aliphatic rings. The highest BCUT2D eigenvalue weighted by atomic mass is 16.6. The second-order valence-corrected chi connectivity index (χ2v) is 5.28. The van der Waals surface area contributed by atoms with E-state index in [4.69, 9.17) is 5.26 Å². The molecule has 21 heavy (non-hydrogen) atoms. The van der Waals surface area contributed by atoms with E-state index in [1.165, 1.54) is 6.07 Å². The van der Waals surface area contributed by atoms with Crippen LogP contribution in [-0.4, -0.2) is 31.1 Å². The zero-order valence-corrected chi connectivity index (χ0v) is 12.2. The Morgan fingerprint density at radius 1 is 1.52 bits per heavy atom. The normalized spacial score (nSPS) is 18.3. The molecule has 0 bridgehead atoms. The van der Waals surface area contributed by atoms with Gasteiger partial charge < -0.3 is 10.2 Å². The fourth-order valence-corrected chi connectivity index (χ4v) is 2.97. The summed E-state index contributed by atoms with van der Waals surface area (Å²) in [6.07, 6.45) is 4.17. The number of nitrogens with one attached hydrogen (secondary N) is 1. The van der Waals surface area contributed by atoms with Crippen LogP contribution < -0.4 is 10.2 Å². The van der Waals surface area contributed by atoms with Crippen LogP contribution in [0.2, 0.25) is 0 Å². The number of anilines is 1. The predicted octanol–water partition coefficient (Wildman–Crippen LogP) is 2.43. The van der Waals surface area contributed by atoms with E-state index in [1.807, 2.05) is 13.1 Å². The van der Waals surface area contributed by atoms with Gasteiger partial charge in [0, 0.05) is 12.6 Å². The average Bonchev–Trinajstić information content (AvgIpc) is 2.52. The molecular formula is C15H20N4O2. The number of piperidine rings is 1. The standard InChI is InChI=1S/C15H20N4O2/c1-17-9-8-13-6-2-3-10-18(13)14-7-4-5-12(11-16)15(14)19(20)21/h4-5,7,13,17H,2-3,6,8-10H2,1H3. The summed E-state index contributed by atoms with van der Waals surface area (Å²) in [6.45, 7) is 1.69. The Balaban J connectivity index is 2.38. The van der Waals surface area contributed by atoms with Crippen LogP contribution in [0.1, 0.15) is 31.2 Å². The molecule has 0 spiro atoms. The number of nitrogens with zero attached hydrogens (tertiary/aromatic N) is 3. The number of hydrogen-bond acceptors (Lipinski definition) is 5. The lowest BCUT2D eigenvalue weighted by molar-refractivity contribution is -0.384. The van der Waals surface area contributed by atoms with Gasteiger partial charge in [-0.25, -0.2) is 0 Å². The number of hydrogen-bond donors (Lipinski definition) is 1. The molecule has 1 aromatic rings. The first-order chi connectivity index (χ1) is 10.2. The maximum absolute atomic E-state index is 11.4. The maximum atomic E-state index is 11.4. The maximum Gasteiger partial charge on any atom is 0.310 e. The fourth-order valence-electron chi connectivity index (χ4n) is 2.97. The van der Waals surface area contributed by atoms with Crippen molar-refractivity contribution in [1.82, 2.24) is 5.32 Å². The summed E-state index contributed by atoms with van der Waals surface area (Å²) < 4.78 is 0. The van der Waals surface area contributed by atoms with E-state index >= 15 is 0 Å². The first-order valence-corrected chi connectivity index (χ1v) is 7.27. The second kappa shape index (κ2) is 7.04. The lowest BCUT2D eigenvalue weighted by atomic mass is 9.97. The summed E-state index contributed by atoms with van der Waals surface area (Å²) in [5.74, 6) is 0. The largest absolute Gasteiger partial charge is 0.363 e. The van der Waals surface area contributed by atoms with Gasteiger partial charge >= 0.3 is 5.69 Å². The summed E-state index contributed by atoms with van der Waals surface area (Å²) in [7, 11) is 1.91. The van der Waals surface area contributed by atoms with E-state index in [-0.39, 0.29) is 11.3 Å². The summed E-state index contributed by atoms with van der Waals surface area (Å²) in [5, 5.41) is 23.6. The molecule has 112 valence electrons. The molecule has 0 amide bonds. The molecule has 0 aliphatic carbocycles. The smallest absolute Gasteiger partial charge is 0.310 e. The molecule has 0 radical (unpaired) electrons. The summed E-state index contributed by atoms with van der Waals surface area (Å²) >= 11 is 0. The molecule has 1 saturated heterocycles. The van der Waals surface area contributed by atoms with Crippen LogP contribution in [0.15, 0.2) is 18.2 Å². The van der Waals surface area contributed by atoms with E-state index < -0.39 is 4.92 Å². The molecule has 1 N–H and O–H groups in total. The first-order valence-electron chi connectivity index (χ1n) is 7.27. The SMILES string of the molecule is CNCCC1CCCCN1c1cccc(C#N)c1[N+](=O)[O-]. The van der Waals surface area contributed by atoms with Crippen molar-refractivity contribution in [2.24, 2.45) is 0 Å². The number of benzene rings is 1. The summed E-state index contributed by atoms with van der Waals surface area (Å²) in [4.78, 5) is 13.1. The van der Waals surface area contributed by atoms with Crippen molar-refractivity contribution in [2.75, 3.05) is 25.0 Å². The average molecular weight is 288 g/mol. The number of nitro benzene ring substituents is 1. The third-order valence-corrected chi connectivity index (χ3v) is 3.98. The second-order valence-electron chi connectivity index (χ2n) is 5.28. The number of rotatable bonds is 5. The van der Waals surface area contributed by atoms with Crippen molar-refractivity contribution in [3.05, 3.63) is 33.9 Å². The van der Waals surface area contributed by atoms with Crippen molar-refractivity contribution in [3.63, 3.8) is 0 Å². The molecule has 1 fully saturated rings. The number of para-hydroxylation sites is 1. The van der Waals surface area contributed by atoms with Gasteiger partial charge in [-0.3, -0.25) is 10.1 Å². The van der Waals surface area contributed by atoms with Gasteiger partial charge in [-0.2, -0.15) is 5.26 Å². The van der Waals surface area contributed by atoms with E-state index in [1.54, 1.807) is 12.1 Å². The minimum atomic E-state index is -0.433. The Morgan fingerprint density at radius 2 is 2.33 bits per heavy atom. The van der Waals surface area contributed by atoms with Crippen LogP contribution in [0.4, 0.5) is 11.4 Å². The molecule has 0 aromatic heterocycles. The van der Waals surface area contributed by atoms with Crippen LogP contribution in [0.25, 0.3) is 0 Å². The topological polar surface area (TPSA) is 82.2 Å². The Bertz CT molecular complexity index is 553. The highest BCUT2D eigenvalue weighted by Crippen LogP contribution is 2.35. The Labute approximate surface area is 124 Å². The molecule has 1 heterocycles. The molecule has 1 atom stereocenters. The zero-order chi connectivity index (χ0) is 15.2. The summed E-state index contributed by atoms with van der Waals surface area (Å²) in [5.41, 5.74) is 0.659. The van der Waals surface area contributed by atoms with E-state index in [2.05, 4.69) is 10.2 Å². The Hall–Kier alpha value is -2.13. The first kappa shape index (κ1) is 15.3. The lowest BCUT2D eigenvalue weighted by Crippen LogP contribution is -2.41. The van der Waals surface area contributed by atoms with Gasteiger partial charge in [-0.05, 0) is 51.4 Å². The van der Waals surface area contributed by atoms with Crippen molar-refractivity contribution < 1.29 is 4.92 Å². The van der Waals surface area contributed by atoms with Gasteiger partial charge in [-0.1, -0.05) is 6.07 Å². The van der Waals surface area contributed by atoms with Crippen molar-refractivity contribution in [1.29, 1.82) is 5.26 Å². The molecule has 6 nitrogen and oxygen atoms in total. The molecule has 1 unspecified atom stereocenters.